The molecule has 1 heterocycles. The third-order valence-corrected chi connectivity index (χ3v) is 3.34. The van der Waals surface area contributed by atoms with Crippen LogP contribution in [0, 0.1) is 0 Å². The molecule has 0 unspecified atom stereocenters. The Bertz CT molecular complexity index is 497. The number of benzene rings is 1. The van der Waals surface area contributed by atoms with E-state index < -0.39 is 0 Å². The quantitative estimate of drug-likeness (QED) is 0.875. The minimum absolute atomic E-state index is 0.0986. The molecule has 2 rings (SSSR count). The molecule has 4 heteroatoms. The molecule has 0 atom stereocenters. The van der Waals surface area contributed by atoms with Crippen LogP contribution in [-0.4, -0.2) is 36.7 Å². The van der Waals surface area contributed by atoms with E-state index in [1.54, 1.807) is 6.92 Å². The van der Waals surface area contributed by atoms with Gasteiger partial charge in [-0.05, 0) is 44.0 Å². The lowest BCUT2D eigenvalue weighted by Crippen LogP contribution is -2.26. The van der Waals surface area contributed by atoms with Crippen LogP contribution < -0.4 is 5.32 Å². The van der Waals surface area contributed by atoms with Gasteiger partial charge in [-0.25, -0.2) is 0 Å². The maximum Gasteiger partial charge on any atom is 0.224 e. The zero-order valence-electron chi connectivity index (χ0n) is 11.5. The van der Waals surface area contributed by atoms with Gasteiger partial charge < -0.3 is 5.32 Å². The summed E-state index contributed by atoms with van der Waals surface area (Å²) >= 11 is 0. The summed E-state index contributed by atoms with van der Waals surface area (Å²) in [6.07, 6.45) is 2.31. The van der Waals surface area contributed by atoms with Crippen LogP contribution in [0.2, 0.25) is 0 Å². The van der Waals surface area contributed by atoms with Crippen molar-refractivity contribution in [1.82, 2.24) is 4.90 Å². The number of aryl methyl sites for hydroxylation is 1. The number of likely N-dealkylation sites (N-methyl/N-ethyl adjacent to an activating group) is 1. The predicted octanol–water partition coefficient (Wildman–Crippen LogP) is 1.63. The summed E-state index contributed by atoms with van der Waals surface area (Å²) in [5.74, 6) is 0.289. The number of hydrogen-bond donors (Lipinski definition) is 1. The number of nitrogens with one attached hydrogen (secondary N) is 1. The molecule has 0 aromatic heterocycles. The summed E-state index contributed by atoms with van der Waals surface area (Å²) in [7, 11) is 1.96. The molecule has 4 nitrogen and oxygen atoms in total. The lowest BCUT2D eigenvalue weighted by Gasteiger charge is -2.19. The van der Waals surface area contributed by atoms with Crippen LogP contribution in [0.15, 0.2) is 18.2 Å². The molecule has 19 heavy (non-hydrogen) atoms. The number of rotatable bonds is 5. The number of amides is 1. The number of ketones is 1. The highest BCUT2D eigenvalue weighted by Gasteiger charge is 2.14. The molecular weight excluding hydrogens is 240 g/mol. The van der Waals surface area contributed by atoms with Crippen molar-refractivity contribution in [3.8, 4) is 0 Å². The monoisotopic (exact) mass is 260 g/mol. The van der Waals surface area contributed by atoms with Gasteiger partial charge in [-0.2, -0.15) is 0 Å². The topological polar surface area (TPSA) is 49.4 Å². The number of Topliss-reactive ketones (excluding diaryl/α,β-unsaturated/α-hetero) is 1. The van der Waals surface area contributed by atoms with Crippen LogP contribution in [-0.2, 0) is 22.4 Å². The van der Waals surface area contributed by atoms with E-state index in [1.165, 1.54) is 11.1 Å². The summed E-state index contributed by atoms with van der Waals surface area (Å²) in [5, 5.41) is 2.88. The molecule has 0 spiro atoms. The van der Waals surface area contributed by atoms with Crippen molar-refractivity contribution in [3.05, 3.63) is 29.3 Å². The molecule has 102 valence electrons. The fraction of sp³-hybridized carbons (Fsp3) is 0.467. The zero-order valence-corrected chi connectivity index (χ0v) is 11.5. The van der Waals surface area contributed by atoms with Gasteiger partial charge in [0.05, 0.1) is 6.54 Å². The number of fused-ring (bicyclic) bond motifs is 1. The van der Waals surface area contributed by atoms with Crippen LogP contribution in [0.3, 0.4) is 0 Å². The van der Waals surface area contributed by atoms with Crippen LogP contribution in [0.25, 0.3) is 0 Å². The van der Waals surface area contributed by atoms with Gasteiger partial charge >= 0.3 is 0 Å². The summed E-state index contributed by atoms with van der Waals surface area (Å²) in [5.41, 5.74) is 3.41. The molecule has 1 aliphatic heterocycles. The molecule has 0 saturated heterocycles. The normalized spacial score (nSPS) is 14.2. The third-order valence-electron chi connectivity index (χ3n) is 3.34. The second kappa shape index (κ2) is 5.97. The van der Waals surface area contributed by atoms with E-state index >= 15 is 0 Å². The van der Waals surface area contributed by atoms with Crippen molar-refractivity contribution >= 4 is 17.4 Å². The van der Waals surface area contributed by atoms with Gasteiger partial charge in [0, 0.05) is 18.7 Å². The molecule has 1 aromatic rings. The molecule has 1 aromatic carbocycles. The molecule has 0 radical (unpaired) electrons. The number of carbonyl (C=O) groups is 2. The van der Waals surface area contributed by atoms with Gasteiger partial charge in [-0.15, -0.1) is 0 Å². The van der Waals surface area contributed by atoms with Crippen molar-refractivity contribution in [2.75, 3.05) is 25.5 Å². The Labute approximate surface area is 113 Å². The molecule has 0 aliphatic carbocycles. The SMILES string of the molecule is CC(=O)CN(C)CCc1ccc2c(c1)CCC(=O)N2. The van der Waals surface area contributed by atoms with Gasteiger partial charge in [-0.1, -0.05) is 12.1 Å². The maximum absolute atomic E-state index is 11.3. The highest BCUT2D eigenvalue weighted by Crippen LogP contribution is 2.23. The van der Waals surface area contributed by atoms with E-state index in [1.807, 2.05) is 24.1 Å². The molecule has 1 aliphatic rings. The largest absolute Gasteiger partial charge is 0.326 e. The smallest absolute Gasteiger partial charge is 0.224 e. The van der Waals surface area contributed by atoms with Crippen molar-refractivity contribution in [2.24, 2.45) is 0 Å². The average molecular weight is 260 g/mol. The van der Waals surface area contributed by atoms with Gasteiger partial charge in [-0.3, -0.25) is 14.5 Å². The van der Waals surface area contributed by atoms with Crippen LogP contribution in [0.4, 0.5) is 5.69 Å². The second-order valence-electron chi connectivity index (χ2n) is 5.23. The van der Waals surface area contributed by atoms with Crippen LogP contribution in [0.1, 0.15) is 24.5 Å². The lowest BCUT2D eigenvalue weighted by atomic mass is 9.99. The molecular formula is C15H20N2O2. The number of nitrogens with zero attached hydrogens (tertiary/aromatic N) is 1. The molecule has 0 bridgehead atoms. The third kappa shape index (κ3) is 3.89. The maximum atomic E-state index is 11.3. The van der Waals surface area contributed by atoms with E-state index in [9.17, 15) is 9.59 Å². The Morgan fingerprint density at radius 2 is 2.16 bits per heavy atom. The van der Waals surface area contributed by atoms with E-state index in [2.05, 4.69) is 11.4 Å². The molecule has 1 N–H and O–H groups in total. The summed E-state index contributed by atoms with van der Waals surface area (Å²) in [6.45, 7) is 2.98. The summed E-state index contributed by atoms with van der Waals surface area (Å²) in [4.78, 5) is 24.3. The first-order valence-electron chi connectivity index (χ1n) is 6.64. The molecule has 0 saturated carbocycles. The molecule has 0 fully saturated rings. The van der Waals surface area contributed by atoms with Gasteiger partial charge in [0.1, 0.15) is 5.78 Å². The van der Waals surface area contributed by atoms with E-state index in [0.717, 1.165) is 25.1 Å². The highest BCUT2D eigenvalue weighted by atomic mass is 16.1. The minimum Gasteiger partial charge on any atom is -0.326 e. The number of hydrogen-bond acceptors (Lipinski definition) is 3. The molecule has 1 amide bonds. The minimum atomic E-state index is 0.0986. The van der Waals surface area contributed by atoms with Crippen molar-refractivity contribution in [3.63, 3.8) is 0 Å². The Hall–Kier alpha value is -1.68. The van der Waals surface area contributed by atoms with Gasteiger partial charge in [0.2, 0.25) is 5.91 Å². The summed E-state index contributed by atoms with van der Waals surface area (Å²) in [6, 6.07) is 6.19. The number of anilines is 1. The Morgan fingerprint density at radius 1 is 1.37 bits per heavy atom. The van der Waals surface area contributed by atoms with E-state index in [-0.39, 0.29) is 11.7 Å². The van der Waals surface area contributed by atoms with Crippen molar-refractivity contribution < 1.29 is 9.59 Å². The Kier molecular flexibility index (Phi) is 4.32. The van der Waals surface area contributed by atoms with Crippen molar-refractivity contribution in [2.45, 2.75) is 26.2 Å². The van der Waals surface area contributed by atoms with Gasteiger partial charge in [0.15, 0.2) is 0 Å². The lowest BCUT2D eigenvalue weighted by molar-refractivity contribution is -0.118. The highest BCUT2D eigenvalue weighted by molar-refractivity contribution is 5.93. The Balaban J connectivity index is 1.95. The van der Waals surface area contributed by atoms with Crippen LogP contribution in [0.5, 0.6) is 0 Å². The van der Waals surface area contributed by atoms with E-state index in [4.69, 9.17) is 0 Å². The summed E-state index contributed by atoms with van der Waals surface area (Å²) < 4.78 is 0. The standard InChI is InChI=1S/C15H20N2O2/c1-11(18)10-17(2)8-7-12-3-5-14-13(9-12)4-6-15(19)16-14/h3,5,9H,4,6-8,10H2,1-2H3,(H,16,19). The van der Waals surface area contributed by atoms with Crippen LogP contribution >= 0.6 is 0 Å². The first kappa shape index (κ1) is 13.7. The fourth-order valence-electron chi connectivity index (χ4n) is 2.37. The first-order valence-corrected chi connectivity index (χ1v) is 6.64. The average Bonchev–Trinajstić information content (AvgIpc) is 2.35. The van der Waals surface area contributed by atoms with E-state index in [0.29, 0.717) is 13.0 Å². The first-order chi connectivity index (χ1) is 9.04. The van der Waals surface area contributed by atoms with Gasteiger partial charge in [0.25, 0.3) is 0 Å². The zero-order chi connectivity index (χ0) is 13.8. The predicted molar refractivity (Wildman–Crippen MR) is 75.3 cm³/mol. The second-order valence-corrected chi connectivity index (χ2v) is 5.23. The fourth-order valence-corrected chi connectivity index (χ4v) is 2.37. The van der Waals surface area contributed by atoms with Crippen molar-refractivity contribution in [1.29, 1.82) is 0 Å². The number of carbonyl (C=O) groups excluding carboxylic acids is 2. The Morgan fingerprint density at radius 3 is 2.89 bits per heavy atom.